The Bertz CT molecular complexity index is 372. The third-order valence-electron chi connectivity index (χ3n) is 3.29. The summed E-state index contributed by atoms with van der Waals surface area (Å²) in [6.07, 6.45) is 0.298. The van der Waals surface area contributed by atoms with E-state index in [4.69, 9.17) is 4.74 Å². The molecular weight excluding hydrogens is 232 g/mol. The summed E-state index contributed by atoms with van der Waals surface area (Å²) in [5, 5.41) is 10.1. The largest absolute Gasteiger partial charge is 0.390 e. The van der Waals surface area contributed by atoms with Crippen LogP contribution in [0.4, 0.5) is 0 Å². The summed E-state index contributed by atoms with van der Waals surface area (Å²) in [6, 6.07) is 6.38. The van der Waals surface area contributed by atoms with Crippen molar-refractivity contribution >= 4 is 11.8 Å². The molecule has 1 N–H and O–H groups in total. The van der Waals surface area contributed by atoms with Gasteiger partial charge in [0.25, 0.3) is 0 Å². The van der Waals surface area contributed by atoms with Gasteiger partial charge in [-0.15, -0.1) is 0 Å². The predicted molar refractivity (Wildman–Crippen MR) is 72.7 cm³/mol. The first kappa shape index (κ1) is 12.9. The van der Waals surface area contributed by atoms with Gasteiger partial charge in [-0.2, -0.15) is 11.8 Å². The zero-order valence-corrected chi connectivity index (χ0v) is 11.3. The third kappa shape index (κ3) is 3.47. The number of aryl methyl sites for hydroxylation is 2. The van der Waals surface area contributed by atoms with Gasteiger partial charge in [0.05, 0.1) is 18.8 Å². The molecule has 3 heteroatoms. The molecule has 17 heavy (non-hydrogen) atoms. The number of hydrogen-bond acceptors (Lipinski definition) is 3. The Kier molecular flexibility index (Phi) is 4.48. The van der Waals surface area contributed by atoms with E-state index in [-0.39, 0.29) is 12.2 Å². The number of aliphatic hydroxyl groups is 1. The minimum Gasteiger partial charge on any atom is -0.390 e. The molecule has 94 valence electrons. The first-order valence-electron chi connectivity index (χ1n) is 6.10. The van der Waals surface area contributed by atoms with Gasteiger partial charge in [0.2, 0.25) is 0 Å². The molecular formula is C14H20O2S. The molecule has 0 spiro atoms. The maximum Gasteiger partial charge on any atom is 0.0927 e. The summed E-state index contributed by atoms with van der Waals surface area (Å²) in [7, 11) is 0. The first-order chi connectivity index (χ1) is 8.16. The molecule has 0 amide bonds. The van der Waals surface area contributed by atoms with Gasteiger partial charge in [-0.25, -0.2) is 0 Å². The predicted octanol–water partition coefficient (Wildman–Crippen LogP) is 2.34. The van der Waals surface area contributed by atoms with Gasteiger partial charge in [0.15, 0.2) is 0 Å². The summed E-state index contributed by atoms with van der Waals surface area (Å²) in [4.78, 5) is 0. The molecule has 2 unspecified atom stereocenters. The molecule has 1 heterocycles. The van der Waals surface area contributed by atoms with E-state index in [1.807, 2.05) is 11.8 Å². The number of ether oxygens (including phenoxy) is 1. The van der Waals surface area contributed by atoms with Crippen LogP contribution in [0.25, 0.3) is 0 Å². The number of aliphatic hydroxyl groups excluding tert-OH is 1. The van der Waals surface area contributed by atoms with E-state index < -0.39 is 0 Å². The highest BCUT2D eigenvalue weighted by Gasteiger charge is 2.23. The van der Waals surface area contributed by atoms with Crippen LogP contribution in [0.5, 0.6) is 0 Å². The zero-order chi connectivity index (χ0) is 12.3. The first-order valence-corrected chi connectivity index (χ1v) is 7.26. The van der Waals surface area contributed by atoms with Crippen molar-refractivity contribution in [3.05, 3.63) is 34.9 Å². The number of hydrogen-bond donors (Lipinski definition) is 1. The van der Waals surface area contributed by atoms with E-state index in [2.05, 4.69) is 32.0 Å². The van der Waals surface area contributed by atoms with Crippen LogP contribution in [0.1, 0.15) is 16.7 Å². The smallest absolute Gasteiger partial charge is 0.0927 e. The van der Waals surface area contributed by atoms with Gasteiger partial charge >= 0.3 is 0 Å². The molecule has 2 atom stereocenters. The highest BCUT2D eigenvalue weighted by molar-refractivity contribution is 7.99. The van der Waals surface area contributed by atoms with Gasteiger partial charge in [0, 0.05) is 17.9 Å². The lowest BCUT2D eigenvalue weighted by molar-refractivity contribution is -0.0207. The quantitative estimate of drug-likeness (QED) is 0.895. The van der Waals surface area contributed by atoms with Crippen LogP contribution in [0.15, 0.2) is 18.2 Å². The average Bonchev–Trinajstić information content (AvgIpc) is 2.35. The lowest BCUT2D eigenvalue weighted by Crippen LogP contribution is -2.36. The molecule has 1 aliphatic rings. The monoisotopic (exact) mass is 252 g/mol. The standard InChI is InChI=1S/C14H20O2S/c1-10-3-4-12(7-11(10)2)8-13(15)14-9-17-6-5-16-14/h3-4,7,13-15H,5-6,8-9H2,1-2H3. The summed E-state index contributed by atoms with van der Waals surface area (Å²) in [6.45, 7) is 4.98. The van der Waals surface area contributed by atoms with E-state index in [0.717, 1.165) is 18.1 Å². The van der Waals surface area contributed by atoms with Crippen LogP contribution in [-0.2, 0) is 11.2 Å². The average molecular weight is 252 g/mol. The number of thioether (sulfide) groups is 1. The summed E-state index contributed by atoms with van der Waals surface area (Å²) >= 11 is 1.86. The molecule has 2 rings (SSSR count). The second-order valence-electron chi connectivity index (χ2n) is 4.67. The summed E-state index contributed by atoms with van der Waals surface area (Å²) in [5.74, 6) is 1.96. The van der Waals surface area contributed by atoms with Gasteiger partial charge in [-0.1, -0.05) is 18.2 Å². The highest BCUT2D eigenvalue weighted by Crippen LogP contribution is 2.19. The Morgan fingerprint density at radius 3 is 2.88 bits per heavy atom. The van der Waals surface area contributed by atoms with E-state index >= 15 is 0 Å². The Hall–Kier alpha value is -0.510. The SMILES string of the molecule is Cc1ccc(CC(O)C2CSCCO2)cc1C. The van der Waals surface area contributed by atoms with Crippen LogP contribution in [-0.4, -0.2) is 35.4 Å². The van der Waals surface area contributed by atoms with Crippen molar-refractivity contribution in [1.29, 1.82) is 0 Å². The minimum atomic E-state index is -0.384. The van der Waals surface area contributed by atoms with E-state index in [1.54, 1.807) is 0 Å². The van der Waals surface area contributed by atoms with Crippen molar-refractivity contribution < 1.29 is 9.84 Å². The molecule has 0 saturated carbocycles. The van der Waals surface area contributed by atoms with Gasteiger partial charge in [-0.3, -0.25) is 0 Å². The molecule has 1 aromatic rings. The fraction of sp³-hybridized carbons (Fsp3) is 0.571. The van der Waals surface area contributed by atoms with Crippen molar-refractivity contribution in [3.8, 4) is 0 Å². The normalized spacial score (nSPS) is 22.4. The fourth-order valence-electron chi connectivity index (χ4n) is 2.03. The minimum absolute atomic E-state index is 0.00430. The van der Waals surface area contributed by atoms with Crippen LogP contribution in [0.3, 0.4) is 0 Å². The Balaban J connectivity index is 1.96. The van der Waals surface area contributed by atoms with Crippen molar-refractivity contribution in [2.24, 2.45) is 0 Å². The summed E-state index contributed by atoms with van der Waals surface area (Å²) < 4.78 is 5.60. The van der Waals surface area contributed by atoms with Crippen molar-refractivity contribution in [1.82, 2.24) is 0 Å². The van der Waals surface area contributed by atoms with E-state index in [0.29, 0.717) is 6.42 Å². The molecule has 1 aromatic carbocycles. The van der Waals surface area contributed by atoms with Crippen LogP contribution in [0.2, 0.25) is 0 Å². The molecule has 0 aliphatic carbocycles. The third-order valence-corrected chi connectivity index (χ3v) is 4.31. The van der Waals surface area contributed by atoms with Crippen LogP contribution in [0, 0.1) is 13.8 Å². The second kappa shape index (κ2) is 5.89. The van der Waals surface area contributed by atoms with Crippen molar-refractivity contribution in [2.75, 3.05) is 18.1 Å². The van der Waals surface area contributed by atoms with Gasteiger partial charge in [0.1, 0.15) is 0 Å². The Labute approximate surface area is 107 Å². The number of benzene rings is 1. The second-order valence-corrected chi connectivity index (χ2v) is 5.82. The van der Waals surface area contributed by atoms with E-state index in [1.165, 1.54) is 16.7 Å². The molecule has 1 saturated heterocycles. The lowest BCUT2D eigenvalue weighted by atomic mass is 10.0. The van der Waals surface area contributed by atoms with Crippen LogP contribution < -0.4 is 0 Å². The molecule has 1 aliphatic heterocycles. The maximum atomic E-state index is 10.1. The van der Waals surface area contributed by atoms with Crippen LogP contribution >= 0.6 is 11.8 Å². The summed E-state index contributed by atoms with van der Waals surface area (Å²) in [5.41, 5.74) is 3.78. The topological polar surface area (TPSA) is 29.5 Å². The van der Waals surface area contributed by atoms with Crippen molar-refractivity contribution in [3.63, 3.8) is 0 Å². The van der Waals surface area contributed by atoms with Crippen molar-refractivity contribution in [2.45, 2.75) is 32.5 Å². The van der Waals surface area contributed by atoms with Gasteiger partial charge in [-0.05, 0) is 30.5 Å². The van der Waals surface area contributed by atoms with Gasteiger partial charge < -0.3 is 9.84 Å². The molecule has 0 aromatic heterocycles. The number of rotatable bonds is 3. The fourth-order valence-corrected chi connectivity index (χ4v) is 2.96. The Morgan fingerprint density at radius 1 is 1.41 bits per heavy atom. The zero-order valence-electron chi connectivity index (χ0n) is 10.5. The maximum absolute atomic E-state index is 10.1. The molecule has 0 bridgehead atoms. The van der Waals surface area contributed by atoms with E-state index in [9.17, 15) is 5.11 Å². The molecule has 2 nitrogen and oxygen atoms in total. The molecule has 0 radical (unpaired) electrons. The molecule has 1 fully saturated rings. The lowest BCUT2D eigenvalue weighted by Gasteiger charge is -2.26. The Morgan fingerprint density at radius 2 is 2.24 bits per heavy atom. The highest BCUT2D eigenvalue weighted by atomic mass is 32.2.